The maximum absolute atomic E-state index is 12.8. The number of hydrogen-bond acceptors (Lipinski definition) is 8. The molecule has 1 amide bonds. The maximum Gasteiger partial charge on any atom is 0.490 e. The molecule has 0 spiro atoms. The number of carboxylic acids is 1. The van der Waals surface area contributed by atoms with Crippen molar-refractivity contribution in [2.45, 2.75) is 25.6 Å². The van der Waals surface area contributed by atoms with Gasteiger partial charge in [-0.3, -0.25) is 9.78 Å². The number of halogens is 3. The Labute approximate surface area is 179 Å². The lowest BCUT2D eigenvalue weighted by Gasteiger charge is -2.38. The van der Waals surface area contributed by atoms with Crippen molar-refractivity contribution in [3.8, 4) is 0 Å². The molecule has 0 radical (unpaired) electrons. The number of rotatable bonds is 3. The van der Waals surface area contributed by atoms with Crippen LogP contribution in [0.3, 0.4) is 0 Å². The van der Waals surface area contributed by atoms with E-state index >= 15 is 0 Å². The summed E-state index contributed by atoms with van der Waals surface area (Å²) < 4.78 is 37.6. The number of nitrogens with zero attached hydrogens (tertiary/aromatic N) is 4. The number of carbonyl (C=O) groups is 2. The van der Waals surface area contributed by atoms with Gasteiger partial charge in [-0.25, -0.2) is 4.79 Å². The van der Waals surface area contributed by atoms with E-state index in [0.29, 0.717) is 6.54 Å². The SMILES string of the molecule is Cc1nnc(N2C[C@H](C(=O)Nc3cccnc3)[C@@H]3CCO[C@@H]3C2)s1.O=C(O)C(F)(F)F. The summed E-state index contributed by atoms with van der Waals surface area (Å²) in [6.07, 6.45) is -0.724. The van der Waals surface area contributed by atoms with E-state index in [1.165, 1.54) is 0 Å². The summed E-state index contributed by atoms with van der Waals surface area (Å²) in [6, 6.07) is 3.66. The topological polar surface area (TPSA) is 118 Å². The number of anilines is 2. The van der Waals surface area contributed by atoms with Crippen molar-refractivity contribution in [3.63, 3.8) is 0 Å². The van der Waals surface area contributed by atoms with Crippen molar-refractivity contribution in [3.05, 3.63) is 29.5 Å². The van der Waals surface area contributed by atoms with Crippen molar-refractivity contribution in [1.82, 2.24) is 15.2 Å². The van der Waals surface area contributed by atoms with Gasteiger partial charge < -0.3 is 20.1 Å². The molecule has 2 aliphatic heterocycles. The Kier molecular flexibility index (Phi) is 7.05. The van der Waals surface area contributed by atoms with Crippen LogP contribution in [0.1, 0.15) is 11.4 Å². The van der Waals surface area contributed by atoms with Gasteiger partial charge in [0.25, 0.3) is 0 Å². The molecule has 0 saturated carbocycles. The lowest BCUT2D eigenvalue weighted by Crippen LogP contribution is -2.51. The molecule has 4 rings (SSSR count). The average Bonchev–Trinajstić information content (AvgIpc) is 3.36. The predicted molar refractivity (Wildman–Crippen MR) is 105 cm³/mol. The number of aliphatic carboxylic acids is 1. The van der Waals surface area contributed by atoms with Crippen molar-refractivity contribution >= 4 is 34.0 Å². The minimum Gasteiger partial charge on any atom is -0.475 e. The van der Waals surface area contributed by atoms with Crippen LogP contribution in [0.25, 0.3) is 0 Å². The van der Waals surface area contributed by atoms with Gasteiger partial charge >= 0.3 is 12.1 Å². The maximum atomic E-state index is 12.8. The van der Waals surface area contributed by atoms with Crippen LogP contribution in [-0.4, -0.2) is 64.1 Å². The summed E-state index contributed by atoms with van der Waals surface area (Å²) in [5, 5.41) is 20.2. The fourth-order valence-corrected chi connectivity index (χ4v) is 4.20. The largest absolute Gasteiger partial charge is 0.490 e. The summed E-state index contributed by atoms with van der Waals surface area (Å²) in [5.41, 5.74) is 0.724. The minimum atomic E-state index is -5.08. The number of fused-ring (bicyclic) bond motifs is 1. The molecule has 2 N–H and O–H groups in total. The molecule has 9 nitrogen and oxygen atoms in total. The van der Waals surface area contributed by atoms with Crippen LogP contribution < -0.4 is 10.2 Å². The number of hydrogen-bond donors (Lipinski definition) is 2. The number of amides is 1. The fraction of sp³-hybridized carbons (Fsp3) is 0.500. The zero-order valence-electron chi connectivity index (χ0n) is 16.4. The molecule has 2 fully saturated rings. The monoisotopic (exact) mass is 459 g/mol. The van der Waals surface area contributed by atoms with E-state index in [2.05, 4.69) is 25.4 Å². The highest BCUT2D eigenvalue weighted by atomic mass is 32.1. The summed E-state index contributed by atoms with van der Waals surface area (Å²) >= 11 is 1.55. The Hall–Kier alpha value is -2.80. The molecule has 0 aromatic carbocycles. The van der Waals surface area contributed by atoms with Crippen molar-refractivity contribution < 1.29 is 32.6 Å². The zero-order chi connectivity index (χ0) is 22.6. The number of pyridine rings is 1. The third-order valence-electron chi connectivity index (χ3n) is 4.89. The normalized spacial score (nSPS) is 22.8. The quantitative estimate of drug-likeness (QED) is 0.718. The molecular weight excluding hydrogens is 439 g/mol. The number of piperidine rings is 1. The standard InChI is InChI=1S/C16H19N5O2S.C2HF3O2/c1-10-19-20-16(24-10)21-8-13(12-4-6-23-14(12)9-21)15(22)18-11-3-2-5-17-7-11;3-2(4,5)1(6)7/h2-3,5,7,12-14H,4,6,8-9H2,1H3,(H,18,22);(H,6,7)/t12-,13-,14+;/m0./s1. The number of ether oxygens (including phenoxy) is 1. The highest BCUT2D eigenvalue weighted by Crippen LogP contribution is 2.36. The van der Waals surface area contributed by atoms with Gasteiger partial charge in [0.1, 0.15) is 5.01 Å². The molecule has 168 valence electrons. The van der Waals surface area contributed by atoms with E-state index in [9.17, 15) is 18.0 Å². The van der Waals surface area contributed by atoms with Gasteiger partial charge in [0.05, 0.1) is 23.9 Å². The second kappa shape index (κ2) is 9.56. The molecule has 0 bridgehead atoms. The number of carbonyl (C=O) groups excluding carboxylic acids is 1. The van der Waals surface area contributed by atoms with Crippen LogP contribution in [0.5, 0.6) is 0 Å². The van der Waals surface area contributed by atoms with Gasteiger partial charge in [-0.05, 0) is 25.5 Å². The molecule has 2 saturated heterocycles. The first kappa shape index (κ1) is 22.9. The van der Waals surface area contributed by atoms with Crippen molar-refractivity contribution in [2.24, 2.45) is 11.8 Å². The molecule has 3 atom stereocenters. The van der Waals surface area contributed by atoms with Gasteiger partial charge in [-0.1, -0.05) is 11.3 Å². The van der Waals surface area contributed by atoms with E-state index < -0.39 is 12.1 Å². The zero-order valence-corrected chi connectivity index (χ0v) is 17.2. The molecule has 4 heterocycles. The number of aromatic nitrogens is 3. The van der Waals surface area contributed by atoms with Crippen molar-refractivity contribution in [2.75, 3.05) is 29.9 Å². The first-order valence-corrected chi connectivity index (χ1v) is 10.1. The number of aryl methyl sites for hydroxylation is 1. The molecule has 0 aliphatic carbocycles. The van der Waals surface area contributed by atoms with Gasteiger partial charge in [0, 0.05) is 31.8 Å². The van der Waals surface area contributed by atoms with Crippen LogP contribution in [0, 0.1) is 18.8 Å². The summed E-state index contributed by atoms with van der Waals surface area (Å²) in [4.78, 5) is 27.9. The van der Waals surface area contributed by atoms with Crippen LogP contribution in [0.2, 0.25) is 0 Å². The molecular formula is C18H20F3N5O4S. The van der Waals surface area contributed by atoms with Crippen LogP contribution in [0.15, 0.2) is 24.5 Å². The summed E-state index contributed by atoms with van der Waals surface area (Å²) in [6.45, 7) is 4.07. The number of carboxylic acid groups (broad SMARTS) is 1. The van der Waals surface area contributed by atoms with E-state index in [4.69, 9.17) is 14.6 Å². The molecule has 2 aliphatic rings. The molecule has 31 heavy (non-hydrogen) atoms. The Balaban J connectivity index is 0.000000339. The molecule has 2 aromatic heterocycles. The van der Waals surface area contributed by atoms with Gasteiger partial charge in [-0.15, -0.1) is 10.2 Å². The minimum absolute atomic E-state index is 0.0226. The third kappa shape index (κ3) is 5.88. The second-order valence-corrected chi connectivity index (χ2v) is 8.17. The molecule has 13 heteroatoms. The predicted octanol–water partition coefficient (Wildman–Crippen LogP) is 2.35. The Bertz CT molecular complexity index is 911. The Morgan fingerprint density at radius 3 is 2.65 bits per heavy atom. The Morgan fingerprint density at radius 2 is 2.06 bits per heavy atom. The average molecular weight is 459 g/mol. The number of nitrogens with one attached hydrogen (secondary N) is 1. The smallest absolute Gasteiger partial charge is 0.475 e. The van der Waals surface area contributed by atoms with E-state index in [1.807, 2.05) is 19.1 Å². The summed E-state index contributed by atoms with van der Waals surface area (Å²) in [7, 11) is 0. The first-order chi connectivity index (χ1) is 14.6. The van der Waals surface area contributed by atoms with Gasteiger partial charge in [-0.2, -0.15) is 13.2 Å². The molecule has 2 aromatic rings. The highest BCUT2D eigenvalue weighted by molar-refractivity contribution is 7.15. The van der Waals surface area contributed by atoms with Gasteiger partial charge in [0.15, 0.2) is 0 Å². The first-order valence-electron chi connectivity index (χ1n) is 9.33. The highest BCUT2D eigenvalue weighted by Gasteiger charge is 2.44. The van der Waals surface area contributed by atoms with E-state index in [-0.39, 0.29) is 23.8 Å². The molecule has 0 unspecified atom stereocenters. The lowest BCUT2D eigenvalue weighted by atomic mass is 9.82. The third-order valence-corrected chi connectivity index (χ3v) is 5.79. The second-order valence-electron chi connectivity index (χ2n) is 7.01. The van der Waals surface area contributed by atoms with Crippen molar-refractivity contribution in [1.29, 1.82) is 0 Å². The van der Waals surface area contributed by atoms with Crippen LogP contribution >= 0.6 is 11.3 Å². The van der Waals surface area contributed by atoms with E-state index in [0.717, 1.165) is 35.4 Å². The van der Waals surface area contributed by atoms with E-state index in [1.54, 1.807) is 23.7 Å². The fourth-order valence-electron chi connectivity index (χ4n) is 3.50. The van der Waals surface area contributed by atoms with Crippen LogP contribution in [-0.2, 0) is 14.3 Å². The summed E-state index contributed by atoms with van der Waals surface area (Å²) in [5.74, 6) is -2.61. The van der Waals surface area contributed by atoms with Gasteiger partial charge in [0.2, 0.25) is 11.0 Å². The lowest BCUT2D eigenvalue weighted by molar-refractivity contribution is -0.192. The Morgan fingerprint density at radius 1 is 1.32 bits per heavy atom. The van der Waals surface area contributed by atoms with Crippen LogP contribution in [0.4, 0.5) is 24.0 Å². The number of alkyl halides is 3.